The zero-order valence-electron chi connectivity index (χ0n) is 13.0. The first-order chi connectivity index (χ1) is 10.1. The van der Waals surface area contributed by atoms with Crippen LogP contribution in [0.15, 0.2) is 36.4 Å². The molecule has 21 heavy (non-hydrogen) atoms. The van der Waals surface area contributed by atoms with E-state index in [0.29, 0.717) is 12.4 Å². The van der Waals surface area contributed by atoms with E-state index >= 15 is 0 Å². The molecule has 1 N–H and O–H groups in total. The van der Waals surface area contributed by atoms with Crippen molar-refractivity contribution < 1.29 is 4.79 Å². The molecule has 0 radical (unpaired) electrons. The van der Waals surface area contributed by atoms with Gasteiger partial charge in [-0.15, -0.1) is 0 Å². The van der Waals surface area contributed by atoms with E-state index in [1.54, 1.807) is 0 Å². The Bertz CT molecular complexity index is 585. The van der Waals surface area contributed by atoms with Crippen molar-refractivity contribution in [2.75, 3.05) is 5.32 Å². The quantitative estimate of drug-likeness (QED) is 0.881. The predicted octanol–water partition coefficient (Wildman–Crippen LogP) is 3.61. The van der Waals surface area contributed by atoms with E-state index in [1.807, 2.05) is 49.7 Å². The highest BCUT2D eigenvalue weighted by Gasteiger charge is 2.15. The Morgan fingerprint density at radius 3 is 2.52 bits per heavy atom. The fourth-order valence-corrected chi connectivity index (χ4v) is 2.38. The highest BCUT2D eigenvalue weighted by molar-refractivity contribution is 5.91. The summed E-state index contributed by atoms with van der Waals surface area (Å²) in [5, 5.41) is 7.40. The zero-order chi connectivity index (χ0) is 15.2. The maximum absolute atomic E-state index is 12.1. The molecule has 1 aromatic heterocycles. The third kappa shape index (κ3) is 3.94. The summed E-state index contributed by atoms with van der Waals surface area (Å²) in [4.78, 5) is 12.1. The van der Waals surface area contributed by atoms with Crippen molar-refractivity contribution in [1.82, 2.24) is 9.78 Å². The van der Waals surface area contributed by atoms with Gasteiger partial charge in [-0.2, -0.15) is 5.10 Å². The van der Waals surface area contributed by atoms with E-state index in [2.05, 4.69) is 22.5 Å². The van der Waals surface area contributed by atoms with Crippen molar-refractivity contribution in [2.45, 2.75) is 40.2 Å². The number of aryl methyl sites for hydroxylation is 1. The topological polar surface area (TPSA) is 46.9 Å². The standard InChI is InChI=1S/C17H23N3O/c1-4-15(5-2)17(21)18-16-11-13(3)20(19-16)12-14-9-7-6-8-10-14/h6-11,15H,4-5,12H2,1-3H3,(H,18,19,21). The highest BCUT2D eigenvalue weighted by atomic mass is 16.1. The molecule has 0 fully saturated rings. The van der Waals surface area contributed by atoms with E-state index in [4.69, 9.17) is 0 Å². The van der Waals surface area contributed by atoms with Crippen LogP contribution in [0.25, 0.3) is 0 Å². The minimum Gasteiger partial charge on any atom is -0.309 e. The first-order valence-electron chi connectivity index (χ1n) is 7.53. The molecule has 4 heteroatoms. The Hall–Kier alpha value is -2.10. The minimum absolute atomic E-state index is 0.0596. The summed E-state index contributed by atoms with van der Waals surface area (Å²) in [7, 11) is 0. The van der Waals surface area contributed by atoms with Gasteiger partial charge in [0.05, 0.1) is 6.54 Å². The van der Waals surface area contributed by atoms with E-state index in [0.717, 1.165) is 18.5 Å². The largest absolute Gasteiger partial charge is 0.309 e. The van der Waals surface area contributed by atoms with E-state index < -0.39 is 0 Å². The van der Waals surface area contributed by atoms with E-state index in [1.165, 1.54) is 5.56 Å². The van der Waals surface area contributed by atoms with E-state index in [9.17, 15) is 4.79 Å². The number of rotatable bonds is 6. The molecular weight excluding hydrogens is 262 g/mol. The van der Waals surface area contributed by atoms with Gasteiger partial charge in [0.15, 0.2) is 5.82 Å². The lowest BCUT2D eigenvalue weighted by Gasteiger charge is -2.10. The summed E-state index contributed by atoms with van der Waals surface area (Å²) >= 11 is 0. The van der Waals surface area contributed by atoms with Crippen LogP contribution in [0, 0.1) is 12.8 Å². The van der Waals surface area contributed by atoms with Crippen molar-refractivity contribution >= 4 is 11.7 Å². The molecule has 0 saturated heterocycles. The van der Waals surface area contributed by atoms with Gasteiger partial charge in [-0.05, 0) is 25.3 Å². The number of nitrogens with zero attached hydrogens (tertiary/aromatic N) is 2. The third-order valence-corrected chi connectivity index (χ3v) is 3.76. The maximum Gasteiger partial charge on any atom is 0.228 e. The van der Waals surface area contributed by atoms with Crippen LogP contribution in [0.3, 0.4) is 0 Å². The first-order valence-corrected chi connectivity index (χ1v) is 7.53. The Kier molecular flexibility index (Phi) is 5.14. The van der Waals surface area contributed by atoms with Gasteiger partial charge in [0.2, 0.25) is 5.91 Å². The molecule has 0 unspecified atom stereocenters. The SMILES string of the molecule is CCC(CC)C(=O)Nc1cc(C)n(Cc2ccccc2)n1. The number of hydrogen-bond donors (Lipinski definition) is 1. The highest BCUT2D eigenvalue weighted by Crippen LogP contribution is 2.14. The number of amides is 1. The molecule has 0 atom stereocenters. The molecule has 2 rings (SSSR count). The molecular formula is C17H23N3O. The smallest absolute Gasteiger partial charge is 0.228 e. The summed E-state index contributed by atoms with van der Waals surface area (Å²) in [6, 6.07) is 12.1. The lowest BCUT2D eigenvalue weighted by atomic mass is 10.0. The molecule has 112 valence electrons. The predicted molar refractivity (Wildman–Crippen MR) is 85.2 cm³/mol. The molecule has 1 heterocycles. The number of nitrogens with one attached hydrogen (secondary N) is 1. The second-order valence-corrected chi connectivity index (χ2v) is 5.32. The van der Waals surface area contributed by atoms with Gasteiger partial charge in [0.1, 0.15) is 0 Å². The molecule has 0 spiro atoms. The maximum atomic E-state index is 12.1. The van der Waals surface area contributed by atoms with Crippen LogP contribution >= 0.6 is 0 Å². The fraction of sp³-hybridized carbons (Fsp3) is 0.412. The number of carbonyl (C=O) groups is 1. The summed E-state index contributed by atoms with van der Waals surface area (Å²) in [6.45, 7) is 6.79. The zero-order valence-corrected chi connectivity index (χ0v) is 13.0. The average molecular weight is 285 g/mol. The number of aromatic nitrogens is 2. The molecule has 0 aliphatic carbocycles. The second-order valence-electron chi connectivity index (χ2n) is 5.32. The Morgan fingerprint density at radius 2 is 1.90 bits per heavy atom. The van der Waals surface area contributed by atoms with Crippen molar-refractivity contribution in [1.29, 1.82) is 0 Å². The first kappa shape index (κ1) is 15.3. The number of hydrogen-bond acceptors (Lipinski definition) is 2. The molecule has 1 aromatic carbocycles. The van der Waals surface area contributed by atoms with Crippen molar-refractivity contribution in [3.63, 3.8) is 0 Å². The van der Waals surface area contributed by atoms with Gasteiger partial charge in [0, 0.05) is 17.7 Å². The van der Waals surface area contributed by atoms with Crippen molar-refractivity contribution in [3.8, 4) is 0 Å². The summed E-state index contributed by atoms with van der Waals surface area (Å²) in [5.41, 5.74) is 2.24. The van der Waals surface area contributed by atoms with Crippen LogP contribution < -0.4 is 5.32 Å². The molecule has 0 saturated carbocycles. The molecule has 1 amide bonds. The van der Waals surface area contributed by atoms with Crippen LogP contribution in [-0.4, -0.2) is 15.7 Å². The summed E-state index contributed by atoms with van der Waals surface area (Å²) in [6.07, 6.45) is 1.71. The average Bonchev–Trinajstić information content (AvgIpc) is 2.81. The third-order valence-electron chi connectivity index (χ3n) is 3.76. The molecule has 0 bridgehead atoms. The lowest BCUT2D eigenvalue weighted by molar-refractivity contribution is -0.120. The summed E-state index contributed by atoms with van der Waals surface area (Å²) < 4.78 is 1.91. The second kappa shape index (κ2) is 7.07. The molecule has 0 aliphatic rings. The van der Waals surface area contributed by atoms with Crippen molar-refractivity contribution in [3.05, 3.63) is 47.7 Å². The summed E-state index contributed by atoms with van der Waals surface area (Å²) in [5.74, 6) is 0.759. The minimum atomic E-state index is 0.0596. The Labute approximate surface area is 126 Å². The van der Waals surface area contributed by atoms with Crippen LogP contribution in [0.4, 0.5) is 5.82 Å². The fourth-order valence-electron chi connectivity index (χ4n) is 2.38. The van der Waals surface area contributed by atoms with Gasteiger partial charge in [0.25, 0.3) is 0 Å². The Morgan fingerprint density at radius 1 is 1.24 bits per heavy atom. The normalized spacial score (nSPS) is 10.9. The van der Waals surface area contributed by atoms with Gasteiger partial charge in [-0.25, -0.2) is 0 Å². The number of anilines is 1. The van der Waals surface area contributed by atoms with Crippen LogP contribution in [0.1, 0.15) is 37.9 Å². The number of benzene rings is 1. The molecule has 2 aromatic rings. The van der Waals surface area contributed by atoms with Crippen LogP contribution in [0.2, 0.25) is 0 Å². The lowest BCUT2D eigenvalue weighted by Crippen LogP contribution is -2.22. The Balaban J connectivity index is 2.07. The van der Waals surface area contributed by atoms with Gasteiger partial charge in [-0.1, -0.05) is 44.2 Å². The van der Waals surface area contributed by atoms with Crippen LogP contribution in [0.5, 0.6) is 0 Å². The molecule has 0 aliphatic heterocycles. The monoisotopic (exact) mass is 285 g/mol. The van der Waals surface area contributed by atoms with Gasteiger partial charge in [-0.3, -0.25) is 9.48 Å². The van der Waals surface area contributed by atoms with Crippen molar-refractivity contribution in [2.24, 2.45) is 5.92 Å². The molecule has 4 nitrogen and oxygen atoms in total. The van der Waals surface area contributed by atoms with Gasteiger partial charge >= 0.3 is 0 Å². The van der Waals surface area contributed by atoms with Crippen LogP contribution in [-0.2, 0) is 11.3 Å². The van der Waals surface area contributed by atoms with E-state index in [-0.39, 0.29) is 11.8 Å². The number of carbonyl (C=O) groups excluding carboxylic acids is 1. The van der Waals surface area contributed by atoms with Gasteiger partial charge < -0.3 is 5.32 Å².